The van der Waals surface area contributed by atoms with E-state index in [1.165, 1.54) is 0 Å². The molecule has 0 bridgehead atoms. The van der Waals surface area contributed by atoms with E-state index in [0.717, 1.165) is 60.1 Å². The van der Waals surface area contributed by atoms with Crippen molar-refractivity contribution in [2.45, 2.75) is 32.9 Å². The number of guanidine groups is 1. The Morgan fingerprint density at radius 3 is 2.51 bits per heavy atom. The van der Waals surface area contributed by atoms with Gasteiger partial charge in [-0.3, -0.25) is 20.4 Å². The summed E-state index contributed by atoms with van der Waals surface area (Å²) in [5.41, 5.74) is 2.78. The van der Waals surface area contributed by atoms with Crippen molar-refractivity contribution in [3.63, 3.8) is 0 Å². The molecule has 0 saturated carbocycles. The van der Waals surface area contributed by atoms with Gasteiger partial charge in [-0.1, -0.05) is 42.5 Å². The lowest BCUT2D eigenvalue weighted by molar-refractivity contribution is 0.101. The number of carbonyl (C=O) groups excluding carboxylic acids is 2. The summed E-state index contributed by atoms with van der Waals surface area (Å²) < 4.78 is 5.49. The van der Waals surface area contributed by atoms with E-state index in [1.54, 1.807) is 20.1 Å². The van der Waals surface area contributed by atoms with Gasteiger partial charge >= 0.3 is 6.03 Å². The number of methoxy groups -OCH3 is 1. The third-order valence-electron chi connectivity index (χ3n) is 6.91. The molecule has 1 aliphatic heterocycles. The highest BCUT2D eigenvalue weighted by Gasteiger charge is 2.21. The summed E-state index contributed by atoms with van der Waals surface area (Å²) >= 11 is 0. The van der Waals surface area contributed by atoms with Gasteiger partial charge in [0.05, 0.1) is 7.11 Å². The lowest BCUT2D eigenvalue weighted by Gasteiger charge is -2.32. The summed E-state index contributed by atoms with van der Waals surface area (Å²) in [5, 5.41) is 18.8. The third-order valence-corrected chi connectivity index (χ3v) is 6.91. The molecule has 0 spiro atoms. The van der Waals surface area contributed by atoms with Crippen LogP contribution in [0.25, 0.3) is 10.8 Å². The summed E-state index contributed by atoms with van der Waals surface area (Å²) in [5.74, 6) is 1.19. The summed E-state index contributed by atoms with van der Waals surface area (Å²) in [6.45, 7) is 5.14. The Labute approximate surface area is 217 Å². The number of urea groups is 1. The quantitative estimate of drug-likeness (QED) is 0.209. The SMILES string of the molecule is COc1ccc(C(C)=O)cc1CN1CCC(CNC(=O)NC(=N)NCc2cccc3ccccc23)CC1. The maximum Gasteiger partial charge on any atom is 0.321 e. The molecule has 8 nitrogen and oxygen atoms in total. The van der Waals surface area contributed by atoms with Gasteiger partial charge in [-0.2, -0.15) is 0 Å². The minimum absolute atomic E-state index is 0.0259. The van der Waals surface area contributed by atoms with Crippen molar-refractivity contribution in [3.05, 3.63) is 77.4 Å². The molecule has 0 atom stereocenters. The monoisotopic (exact) mass is 501 g/mol. The minimum atomic E-state index is -0.372. The first-order valence-electron chi connectivity index (χ1n) is 12.7. The standard InChI is InChI=1S/C29H35N5O3/c1-20(35)23-10-11-27(37-2)25(16-23)19-34-14-12-21(13-15-34)17-32-29(36)33-28(30)31-18-24-8-5-7-22-6-3-4-9-26(22)24/h3-11,16,21H,12-15,17-19H2,1-2H3,(H4,30,31,32,33,36). The van der Waals surface area contributed by atoms with E-state index in [1.807, 2.05) is 36.4 Å². The summed E-state index contributed by atoms with van der Waals surface area (Å²) in [6, 6.07) is 19.4. The fourth-order valence-corrected chi connectivity index (χ4v) is 4.78. The normalized spacial score (nSPS) is 14.2. The molecule has 37 heavy (non-hydrogen) atoms. The number of likely N-dealkylation sites (tertiary alicyclic amines) is 1. The molecule has 3 aromatic rings. The molecule has 2 amide bonds. The number of ether oxygens (including phenoxy) is 1. The van der Waals surface area contributed by atoms with E-state index in [2.05, 4.69) is 39.0 Å². The number of amides is 2. The lowest BCUT2D eigenvalue weighted by Crippen LogP contribution is -2.47. The minimum Gasteiger partial charge on any atom is -0.496 e. The van der Waals surface area contributed by atoms with Gasteiger partial charge in [-0.25, -0.2) is 4.79 Å². The largest absolute Gasteiger partial charge is 0.496 e. The lowest BCUT2D eigenvalue weighted by atomic mass is 9.96. The Morgan fingerprint density at radius 1 is 1.00 bits per heavy atom. The molecule has 0 aromatic heterocycles. The number of rotatable bonds is 8. The number of nitrogens with one attached hydrogen (secondary N) is 4. The van der Waals surface area contributed by atoms with Crippen LogP contribution in [-0.2, 0) is 13.1 Å². The van der Waals surface area contributed by atoms with Crippen molar-refractivity contribution in [1.82, 2.24) is 20.9 Å². The summed E-state index contributed by atoms with van der Waals surface area (Å²) in [4.78, 5) is 26.4. The summed E-state index contributed by atoms with van der Waals surface area (Å²) in [6.07, 6.45) is 1.93. The average Bonchev–Trinajstić information content (AvgIpc) is 2.91. The molecule has 3 aromatic carbocycles. The predicted octanol–water partition coefficient (Wildman–Crippen LogP) is 4.29. The Balaban J connectivity index is 1.18. The van der Waals surface area contributed by atoms with Crippen LogP contribution in [-0.4, -0.2) is 49.4 Å². The molecule has 0 unspecified atom stereocenters. The molecule has 4 N–H and O–H groups in total. The van der Waals surface area contributed by atoms with Crippen LogP contribution in [0, 0.1) is 11.3 Å². The average molecular weight is 502 g/mol. The number of nitrogens with zero attached hydrogens (tertiary/aromatic N) is 1. The second kappa shape index (κ2) is 12.4. The van der Waals surface area contributed by atoms with E-state index in [4.69, 9.17) is 10.1 Å². The molecule has 0 radical (unpaired) electrons. The third kappa shape index (κ3) is 7.07. The van der Waals surface area contributed by atoms with Crippen molar-refractivity contribution in [3.8, 4) is 5.75 Å². The number of carbonyl (C=O) groups is 2. The fourth-order valence-electron chi connectivity index (χ4n) is 4.78. The van der Waals surface area contributed by atoms with Crippen LogP contribution in [0.3, 0.4) is 0 Å². The fraction of sp³-hybridized carbons (Fsp3) is 0.345. The zero-order valence-corrected chi connectivity index (χ0v) is 21.5. The van der Waals surface area contributed by atoms with Crippen molar-refractivity contribution < 1.29 is 14.3 Å². The zero-order valence-electron chi connectivity index (χ0n) is 21.5. The molecule has 1 aliphatic rings. The number of benzene rings is 3. The van der Waals surface area contributed by atoms with Gasteiger partial charge in [-0.15, -0.1) is 0 Å². The van der Waals surface area contributed by atoms with Crippen LogP contribution in [0.2, 0.25) is 0 Å². The number of hydrogen-bond donors (Lipinski definition) is 4. The number of hydrogen-bond acceptors (Lipinski definition) is 5. The number of ketones is 1. The number of fused-ring (bicyclic) bond motifs is 1. The van der Waals surface area contributed by atoms with Crippen LogP contribution in [0.15, 0.2) is 60.7 Å². The van der Waals surface area contributed by atoms with Crippen LogP contribution >= 0.6 is 0 Å². The molecule has 8 heteroatoms. The van der Waals surface area contributed by atoms with Crippen molar-refractivity contribution in [2.75, 3.05) is 26.7 Å². The van der Waals surface area contributed by atoms with Crippen molar-refractivity contribution in [2.24, 2.45) is 5.92 Å². The van der Waals surface area contributed by atoms with E-state index in [9.17, 15) is 9.59 Å². The molecule has 4 rings (SSSR count). The van der Waals surface area contributed by atoms with Crippen LogP contribution in [0.1, 0.15) is 41.3 Å². The number of Topliss-reactive ketones (excluding diaryl/α,β-unsaturated/α-hetero) is 1. The topological polar surface area (TPSA) is 107 Å². The molecule has 1 heterocycles. The highest BCUT2D eigenvalue weighted by molar-refractivity contribution is 5.95. The predicted molar refractivity (Wildman–Crippen MR) is 146 cm³/mol. The van der Waals surface area contributed by atoms with Crippen LogP contribution < -0.4 is 20.7 Å². The van der Waals surface area contributed by atoms with Gasteiger partial charge in [0.25, 0.3) is 0 Å². The van der Waals surface area contributed by atoms with Gasteiger partial charge in [-0.05, 0) is 73.3 Å². The van der Waals surface area contributed by atoms with E-state index in [0.29, 0.717) is 24.6 Å². The van der Waals surface area contributed by atoms with Crippen molar-refractivity contribution >= 4 is 28.5 Å². The van der Waals surface area contributed by atoms with Crippen LogP contribution in [0.4, 0.5) is 4.79 Å². The van der Waals surface area contributed by atoms with Crippen LogP contribution in [0.5, 0.6) is 5.75 Å². The van der Waals surface area contributed by atoms with E-state index in [-0.39, 0.29) is 17.8 Å². The highest BCUT2D eigenvalue weighted by Crippen LogP contribution is 2.25. The zero-order chi connectivity index (χ0) is 26.2. The number of piperidine rings is 1. The maximum atomic E-state index is 12.3. The van der Waals surface area contributed by atoms with Gasteiger partial charge in [0.2, 0.25) is 0 Å². The van der Waals surface area contributed by atoms with Gasteiger partial charge < -0.3 is 15.4 Å². The Hall–Kier alpha value is -3.91. The van der Waals surface area contributed by atoms with E-state index >= 15 is 0 Å². The molecule has 0 aliphatic carbocycles. The molecule has 1 fully saturated rings. The smallest absolute Gasteiger partial charge is 0.321 e. The molecule has 194 valence electrons. The Kier molecular flexibility index (Phi) is 8.74. The molecule has 1 saturated heterocycles. The Bertz CT molecular complexity index is 1260. The Morgan fingerprint density at radius 2 is 1.76 bits per heavy atom. The van der Waals surface area contributed by atoms with E-state index < -0.39 is 0 Å². The maximum absolute atomic E-state index is 12.3. The summed E-state index contributed by atoms with van der Waals surface area (Å²) in [7, 11) is 1.65. The molecular weight excluding hydrogens is 466 g/mol. The second-order valence-electron chi connectivity index (χ2n) is 9.50. The first-order chi connectivity index (χ1) is 17.9. The second-order valence-corrected chi connectivity index (χ2v) is 9.50. The first kappa shape index (κ1) is 26.2. The van der Waals surface area contributed by atoms with Gasteiger partial charge in [0.15, 0.2) is 11.7 Å². The first-order valence-corrected chi connectivity index (χ1v) is 12.7. The molecular formula is C29H35N5O3. The van der Waals surface area contributed by atoms with Crippen molar-refractivity contribution in [1.29, 1.82) is 5.41 Å². The highest BCUT2D eigenvalue weighted by atomic mass is 16.5. The van der Waals surface area contributed by atoms with Gasteiger partial charge in [0.1, 0.15) is 5.75 Å². The van der Waals surface area contributed by atoms with Gasteiger partial charge in [0, 0.05) is 30.8 Å².